The van der Waals surface area contributed by atoms with Crippen LogP contribution in [0.5, 0.6) is 0 Å². The molecule has 2 rings (SSSR count). The van der Waals surface area contributed by atoms with Gasteiger partial charge in [0.05, 0.1) is 0 Å². The van der Waals surface area contributed by atoms with Gasteiger partial charge in [-0.05, 0) is 43.9 Å². The third-order valence-electron chi connectivity index (χ3n) is 5.26. The molecule has 2 saturated carbocycles. The van der Waals surface area contributed by atoms with Crippen LogP contribution in [0, 0.1) is 17.3 Å². The molecule has 2 unspecified atom stereocenters. The van der Waals surface area contributed by atoms with Crippen LogP contribution in [0.1, 0.15) is 58.3 Å². The highest BCUT2D eigenvalue weighted by Gasteiger charge is 2.39. The van der Waals surface area contributed by atoms with Gasteiger partial charge in [0, 0.05) is 17.3 Å². The second kappa shape index (κ2) is 6.40. The monoisotopic (exact) mass is 315 g/mol. The normalized spacial score (nSPS) is 30.6. The zero-order chi connectivity index (χ0) is 13.0. The van der Waals surface area contributed by atoms with Crippen LogP contribution in [0.15, 0.2) is 0 Å². The second-order valence-corrected chi connectivity index (χ2v) is 6.80. The maximum absolute atomic E-state index is 12.4. The summed E-state index contributed by atoms with van der Waals surface area (Å²) in [6, 6.07) is 0. The number of rotatable bonds is 5. The first-order valence-electron chi connectivity index (χ1n) is 7.56. The van der Waals surface area contributed by atoms with Crippen molar-refractivity contribution < 1.29 is 4.79 Å². The molecule has 2 nitrogen and oxygen atoms in total. The van der Waals surface area contributed by atoms with Crippen LogP contribution in [0.3, 0.4) is 0 Å². The molecule has 0 aromatic heterocycles. The fourth-order valence-corrected chi connectivity index (χ4v) is 4.64. The van der Waals surface area contributed by atoms with Gasteiger partial charge < -0.3 is 5.32 Å². The Bertz CT molecular complexity index is 286. The molecule has 0 bridgehead atoms. The van der Waals surface area contributed by atoms with Crippen LogP contribution >= 0.6 is 15.9 Å². The lowest BCUT2D eigenvalue weighted by Crippen LogP contribution is -2.41. The number of nitrogens with one attached hydrogen (secondary N) is 1. The summed E-state index contributed by atoms with van der Waals surface area (Å²) in [7, 11) is 0. The van der Waals surface area contributed by atoms with E-state index >= 15 is 0 Å². The van der Waals surface area contributed by atoms with Crippen molar-refractivity contribution in [2.75, 3.05) is 11.9 Å². The summed E-state index contributed by atoms with van der Waals surface area (Å²) in [6.07, 6.45) is 9.61. The van der Waals surface area contributed by atoms with Crippen molar-refractivity contribution in [3.8, 4) is 0 Å². The molecule has 0 saturated heterocycles. The van der Waals surface area contributed by atoms with Gasteiger partial charge >= 0.3 is 0 Å². The average molecular weight is 316 g/mol. The van der Waals surface area contributed by atoms with E-state index in [2.05, 4.69) is 28.2 Å². The number of alkyl halides is 1. The fourth-order valence-electron chi connectivity index (χ4n) is 3.79. The van der Waals surface area contributed by atoms with Crippen LogP contribution in [-0.2, 0) is 4.79 Å². The molecule has 1 N–H and O–H groups in total. The molecule has 2 fully saturated rings. The molecule has 0 radical (unpaired) electrons. The summed E-state index contributed by atoms with van der Waals surface area (Å²) < 4.78 is 0. The molecule has 0 spiro atoms. The first-order chi connectivity index (χ1) is 8.72. The van der Waals surface area contributed by atoms with Gasteiger partial charge in [-0.25, -0.2) is 0 Å². The summed E-state index contributed by atoms with van der Waals surface area (Å²) in [5.74, 6) is 1.80. The van der Waals surface area contributed by atoms with E-state index in [1.54, 1.807) is 0 Å². The minimum atomic E-state index is -0.0253. The smallest absolute Gasteiger partial charge is 0.226 e. The Labute approximate surface area is 119 Å². The molecule has 1 amide bonds. The Hall–Kier alpha value is -0.0500. The van der Waals surface area contributed by atoms with Crippen molar-refractivity contribution in [2.45, 2.75) is 58.3 Å². The number of amides is 1. The fraction of sp³-hybridized carbons (Fsp3) is 0.933. The minimum Gasteiger partial charge on any atom is -0.355 e. The van der Waals surface area contributed by atoms with Crippen molar-refractivity contribution in [2.24, 2.45) is 17.3 Å². The van der Waals surface area contributed by atoms with E-state index in [0.717, 1.165) is 37.1 Å². The Morgan fingerprint density at radius 3 is 2.50 bits per heavy atom. The second-order valence-electron chi connectivity index (χ2n) is 6.16. The largest absolute Gasteiger partial charge is 0.355 e. The summed E-state index contributed by atoms with van der Waals surface area (Å²) in [5.41, 5.74) is -0.0253. The molecule has 2 aliphatic rings. The van der Waals surface area contributed by atoms with E-state index in [4.69, 9.17) is 0 Å². The molecule has 0 aliphatic heterocycles. The quantitative estimate of drug-likeness (QED) is 0.766. The van der Waals surface area contributed by atoms with E-state index < -0.39 is 0 Å². The van der Waals surface area contributed by atoms with E-state index in [9.17, 15) is 4.79 Å². The van der Waals surface area contributed by atoms with Gasteiger partial charge in [0.1, 0.15) is 0 Å². The lowest BCUT2D eigenvalue weighted by atomic mass is 9.82. The van der Waals surface area contributed by atoms with E-state index in [1.165, 1.54) is 32.1 Å². The van der Waals surface area contributed by atoms with Gasteiger partial charge in [-0.15, -0.1) is 0 Å². The van der Waals surface area contributed by atoms with Gasteiger partial charge in [0.15, 0.2) is 0 Å². The standard InChI is InChI=1S/C15H26BrNO/c1-2-15(8-3-4-9-15)14(18)17-11-13-7-5-6-12(13)10-16/h12-13H,2-11H2,1H3,(H,17,18). The molecule has 104 valence electrons. The summed E-state index contributed by atoms with van der Waals surface area (Å²) >= 11 is 3.60. The summed E-state index contributed by atoms with van der Waals surface area (Å²) in [4.78, 5) is 12.4. The first kappa shape index (κ1) is 14.4. The van der Waals surface area contributed by atoms with Gasteiger partial charge in [-0.2, -0.15) is 0 Å². The maximum Gasteiger partial charge on any atom is 0.226 e. The molecular weight excluding hydrogens is 290 g/mol. The minimum absolute atomic E-state index is 0.0253. The zero-order valence-electron chi connectivity index (χ0n) is 11.5. The molecular formula is C15H26BrNO. The van der Waals surface area contributed by atoms with Crippen LogP contribution < -0.4 is 5.32 Å². The third kappa shape index (κ3) is 2.92. The predicted molar refractivity (Wildman–Crippen MR) is 78.8 cm³/mol. The molecule has 2 aliphatic carbocycles. The van der Waals surface area contributed by atoms with Crippen molar-refractivity contribution in [3.63, 3.8) is 0 Å². The molecule has 0 heterocycles. The number of carbonyl (C=O) groups is 1. The lowest BCUT2D eigenvalue weighted by molar-refractivity contribution is -0.131. The number of hydrogen-bond donors (Lipinski definition) is 1. The Kier molecular flexibility index (Phi) is 5.11. The predicted octanol–water partition coefficient (Wildman–Crippen LogP) is 3.88. The van der Waals surface area contributed by atoms with E-state index in [0.29, 0.717) is 11.8 Å². The molecule has 0 aromatic carbocycles. The number of hydrogen-bond acceptors (Lipinski definition) is 1. The topological polar surface area (TPSA) is 29.1 Å². The number of halogens is 1. The van der Waals surface area contributed by atoms with Gasteiger partial charge in [-0.3, -0.25) is 4.79 Å². The van der Waals surface area contributed by atoms with Crippen molar-refractivity contribution in [1.29, 1.82) is 0 Å². The van der Waals surface area contributed by atoms with Crippen LogP contribution in [0.4, 0.5) is 0 Å². The number of carbonyl (C=O) groups excluding carboxylic acids is 1. The first-order valence-corrected chi connectivity index (χ1v) is 8.68. The zero-order valence-corrected chi connectivity index (χ0v) is 13.1. The van der Waals surface area contributed by atoms with Crippen LogP contribution in [0.25, 0.3) is 0 Å². The Morgan fingerprint density at radius 1 is 1.22 bits per heavy atom. The highest BCUT2D eigenvalue weighted by atomic mass is 79.9. The SMILES string of the molecule is CCC1(C(=O)NCC2CCCC2CBr)CCCC1. The molecule has 18 heavy (non-hydrogen) atoms. The van der Waals surface area contributed by atoms with Crippen LogP contribution in [0.2, 0.25) is 0 Å². The van der Waals surface area contributed by atoms with Gasteiger partial charge in [0.25, 0.3) is 0 Å². The summed E-state index contributed by atoms with van der Waals surface area (Å²) in [6.45, 7) is 3.07. The van der Waals surface area contributed by atoms with Crippen molar-refractivity contribution >= 4 is 21.8 Å². The highest BCUT2D eigenvalue weighted by molar-refractivity contribution is 9.09. The Balaban J connectivity index is 1.84. The Morgan fingerprint density at radius 2 is 1.89 bits per heavy atom. The molecule has 0 aromatic rings. The van der Waals surface area contributed by atoms with E-state index in [1.807, 2.05) is 0 Å². The van der Waals surface area contributed by atoms with Gasteiger partial charge in [0.2, 0.25) is 5.91 Å². The average Bonchev–Trinajstić information content (AvgIpc) is 3.05. The van der Waals surface area contributed by atoms with Gasteiger partial charge in [-0.1, -0.05) is 42.1 Å². The lowest BCUT2D eigenvalue weighted by Gasteiger charge is -2.27. The van der Waals surface area contributed by atoms with Crippen molar-refractivity contribution in [1.82, 2.24) is 5.32 Å². The van der Waals surface area contributed by atoms with Crippen LogP contribution in [-0.4, -0.2) is 17.8 Å². The maximum atomic E-state index is 12.4. The third-order valence-corrected chi connectivity index (χ3v) is 6.09. The highest BCUT2D eigenvalue weighted by Crippen LogP contribution is 2.41. The van der Waals surface area contributed by atoms with E-state index in [-0.39, 0.29) is 5.41 Å². The molecule has 2 atom stereocenters. The summed E-state index contributed by atoms with van der Waals surface area (Å²) in [5, 5.41) is 4.35. The van der Waals surface area contributed by atoms with Crippen molar-refractivity contribution in [3.05, 3.63) is 0 Å². The molecule has 3 heteroatoms.